The molecule has 3 N–H and O–H groups in total. The van der Waals surface area contributed by atoms with Crippen molar-refractivity contribution < 1.29 is 26.0 Å². The van der Waals surface area contributed by atoms with Gasteiger partial charge in [0.2, 0.25) is 5.91 Å². The van der Waals surface area contributed by atoms with Crippen LogP contribution in [0.25, 0.3) is 0 Å². The summed E-state index contributed by atoms with van der Waals surface area (Å²) in [6.07, 6.45) is 4.36. The van der Waals surface area contributed by atoms with Gasteiger partial charge >= 0.3 is 5.97 Å². The van der Waals surface area contributed by atoms with Crippen molar-refractivity contribution in [2.75, 3.05) is 19.8 Å². The van der Waals surface area contributed by atoms with E-state index in [0.717, 1.165) is 30.4 Å². The van der Waals surface area contributed by atoms with E-state index >= 15 is 0 Å². The number of carbonyl (C=O) groups is 2. The fraction of sp³-hybridized carbons (Fsp3) is 0.793. The number of rotatable bonds is 5. The number of esters is 1. The summed E-state index contributed by atoms with van der Waals surface area (Å²) in [5.74, 6) is 0.630. The van der Waals surface area contributed by atoms with E-state index < -0.39 is 16.2 Å². The lowest BCUT2D eigenvalue weighted by Gasteiger charge is -2.28. The average Bonchev–Trinajstić information content (AvgIpc) is 2.74. The van der Waals surface area contributed by atoms with Crippen molar-refractivity contribution >= 4 is 11.9 Å². The maximum atomic E-state index is 12.0. The van der Waals surface area contributed by atoms with Crippen molar-refractivity contribution in [3.05, 3.63) is 23.9 Å². The molecule has 6 heteroatoms. The van der Waals surface area contributed by atoms with E-state index in [1.807, 2.05) is 96.1 Å². The van der Waals surface area contributed by atoms with E-state index in [0.29, 0.717) is 0 Å². The Morgan fingerprint density at radius 1 is 0.971 bits per heavy atom. The van der Waals surface area contributed by atoms with Gasteiger partial charge in [-0.2, -0.15) is 0 Å². The van der Waals surface area contributed by atoms with Gasteiger partial charge in [-0.15, -0.1) is 0 Å². The second-order valence-corrected chi connectivity index (χ2v) is 11.1. The van der Waals surface area contributed by atoms with E-state index in [9.17, 15) is 9.59 Å². The second kappa shape index (κ2) is 19.5. The van der Waals surface area contributed by atoms with Crippen molar-refractivity contribution in [1.82, 2.24) is 5.32 Å². The fourth-order valence-electron chi connectivity index (χ4n) is 2.23. The normalized spacial score (nSPS) is 14.3. The molecule has 1 aliphatic rings. The monoisotopic (exact) mass is 503 g/mol. The third kappa shape index (κ3) is 20.3. The van der Waals surface area contributed by atoms with Crippen LogP contribution in [-0.2, 0) is 19.1 Å². The van der Waals surface area contributed by atoms with Crippen LogP contribution in [0.4, 0.5) is 0 Å². The highest BCUT2D eigenvalue weighted by Crippen LogP contribution is 2.28. The van der Waals surface area contributed by atoms with Crippen LogP contribution in [-0.4, -0.2) is 37.2 Å². The first kappa shape index (κ1) is 40.5. The summed E-state index contributed by atoms with van der Waals surface area (Å²) < 4.78 is 10.5. The van der Waals surface area contributed by atoms with Gasteiger partial charge in [-0.3, -0.25) is 9.59 Å². The second-order valence-electron chi connectivity index (χ2n) is 11.1. The predicted molar refractivity (Wildman–Crippen MR) is 152 cm³/mol. The van der Waals surface area contributed by atoms with Gasteiger partial charge in [0, 0.05) is 31.2 Å². The minimum atomic E-state index is -0.524. The van der Waals surface area contributed by atoms with Gasteiger partial charge in [0.15, 0.2) is 0 Å². The zero-order chi connectivity index (χ0) is 27.8. The highest BCUT2D eigenvalue weighted by atomic mass is 16.5. The highest BCUT2D eigenvalue weighted by Gasteiger charge is 2.28. The fourth-order valence-corrected chi connectivity index (χ4v) is 2.23. The molecule has 1 rings (SSSR count). The molecule has 0 unspecified atom stereocenters. The van der Waals surface area contributed by atoms with Crippen LogP contribution < -0.4 is 5.32 Å². The largest absolute Gasteiger partial charge is 0.464 e. The molecule has 1 saturated heterocycles. The lowest BCUT2D eigenvalue weighted by molar-refractivity contribution is -0.155. The lowest BCUT2D eigenvalue weighted by Crippen LogP contribution is -2.34. The quantitative estimate of drug-likeness (QED) is 0.319. The Morgan fingerprint density at radius 3 is 1.71 bits per heavy atom. The molecule has 1 aliphatic heterocycles. The Balaban J connectivity index is -0.000000206. The first-order valence-corrected chi connectivity index (χ1v) is 12.9. The summed E-state index contributed by atoms with van der Waals surface area (Å²) in [4.78, 5) is 23.9. The topological polar surface area (TPSA) is 96.1 Å². The summed E-state index contributed by atoms with van der Waals surface area (Å²) in [6, 6.07) is 0. The van der Waals surface area contributed by atoms with E-state index in [4.69, 9.17) is 9.47 Å². The first-order valence-electron chi connectivity index (χ1n) is 12.9. The third-order valence-electron chi connectivity index (χ3n) is 4.94. The highest BCUT2D eigenvalue weighted by molar-refractivity contribution is 5.82. The molecule has 1 heterocycles. The zero-order valence-electron chi connectivity index (χ0n) is 25.5. The van der Waals surface area contributed by atoms with Crippen molar-refractivity contribution in [2.45, 2.75) is 110 Å². The molecule has 1 fully saturated rings. The SMILES string of the molecule is C=C(/C=C(\C)NC(=O)C(C)(C)C)C(C)(C)COC(=O)C(C)(C)C.CC.CC.CC1CCOCC1.O.[HH]. The van der Waals surface area contributed by atoms with Gasteiger partial charge in [-0.25, -0.2) is 0 Å². The molecule has 0 radical (unpaired) electrons. The standard InChI is InChI=1S/C19H33NO3.C6H12O.2C2H6.H2O.H2/c1-13(11-14(2)20-15(21)17(3,4)5)19(9,10)12-23-16(22)18(6,7)8;1-6-2-4-7-5-3-6;2*1-2;;/h11H,1,12H2,2-10H3,(H,20,21);6H,2-5H2,1H3;2*1-2H3;1H2;1H/b14-11+;;;;;. The van der Waals surface area contributed by atoms with E-state index in [1.165, 1.54) is 12.8 Å². The van der Waals surface area contributed by atoms with Crippen LogP contribution in [0.1, 0.15) is 111 Å². The number of amides is 1. The minimum absolute atomic E-state index is 0. The first-order chi connectivity index (χ1) is 15.5. The molecule has 0 aliphatic carbocycles. The number of hydrogen-bond donors (Lipinski definition) is 1. The minimum Gasteiger partial charge on any atom is -0.464 e. The Morgan fingerprint density at radius 2 is 1.40 bits per heavy atom. The molecule has 0 saturated carbocycles. The molecule has 6 nitrogen and oxygen atoms in total. The summed E-state index contributed by atoms with van der Waals surface area (Å²) >= 11 is 0. The van der Waals surface area contributed by atoms with Crippen LogP contribution >= 0.6 is 0 Å². The summed E-state index contributed by atoms with van der Waals surface area (Å²) in [5, 5.41) is 2.87. The van der Waals surface area contributed by atoms with Crippen molar-refractivity contribution in [1.29, 1.82) is 0 Å². The Bertz CT molecular complexity index is 623. The van der Waals surface area contributed by atoms with Crippen LogP contribution in [0.5, 0.6) is 0 Å². The molecule has 0 bridgehead atoms. The maximum absolute atomic E-state index is 12.0. The molecule has 0 atom stereocenters. The Hall–Kier alpha value is -1.66. The molecular weight excluding hydrogens is 442 g/mol. The molecular formula is C29H61NO5. The zero-order valence-corrected chi connectivity index (χ0v) is 25.5. The third-order valence-corrected chi connectivity index (χ3v) is 4.94. The van der Waals surface area contributed by atoms with E-state index in [2.05, 4.69) is 18.8 Å². The van der Waals surface area contributed by atoms with Crippen LogP contribution in [0.15, 0.2) is 23.9 Å². The lowest BCUT2D eigenvalue weighted by atomic mass is 9.85. The number of nitrogens with one attached hydrogen (secondary N) is 1. The molecule has 0 aromatic heterocycles. The van der Waals surface area contributed by atoms with Gasteiger partial charge in [-0.1, -0.05) is 75.8 Å². The van der Waals surface area contributed by atoms with Crippen LogP contribution in [0, 0.1) is 22.2 Å². The van der Waals surface area contributed by atoms with Gasteiger partial charge in [0.1, 0.15) is 6.61 Å². The molecule has 212 valence electrons. The molecule has 35 heavy (non-hydrogen) atoms. The van der Waals surface area contributed by atoms with Gasteiger partial charge in [0.05, 0.1) is 5.41 Å². The molecule has 0 aromatic rings. The van der Waals surface area contributed by atoms with Gasteiger partial charge < -0.3 is 20.3 Å². The smallest absolute Gasteiger partial charge is 0.311 e. The Kier molecular flexibility index (Phi) is 22.6. The molecule has 0 aromatic carbocycles. The number of allylic oxidation sites excluding steroid dienone is 2. The average molecular weight is 504 g/mol. The predicted octanol–water partition coefficient (Wildman–Crippen LogP) is 7.13. The number of carbonyl (C=O) groups excluding carboxylic acids is 2. The van der Waals surface area contributed by atoms with Gasteiger partial charge in [-0.05, 0) is 58.1 Å². The van der Waals surface area contributed by atoms with Crippen LogP contribution in [0.2, 0.25) is 0 Å². The van der Waals surface area contributed by atoms with Crippen molar-refractivity contribution in [2.24, 2.45) is 22.2 Å². The number of hydrogen-bond acceptors (Lipinski definition) is 4. The molecule has 1 amide bonds. The van der Waals surface area contributed by atoms with E-state index in [-0.39, 0.29) is 25.4 Å². The summed E-state index contributed by atoms with van der Waals surface area (Å²) in [5.41, 5.74) is 0.142. The summed E-state index contributed by atoms with van der Waals surface area (Å²) in [6.45, 7) is 33.4. The van der Waals surface area contributed by atoms with E-state index in [1.54, 1.807) is 0 Å². The molecule has 0 spiro atoms. The van der Waals surface area contributed by atoms with Crippen molar-refractivity contribution in [3.63, 3.8) is 0 Å². The Labute approximate surface area is 219 Å². The maximum Gasteiger partial charge on any atom is 0.311 e. The summed E-state index contributed by atoms with van der Waals surface area (Å²) in [7, 11) is 0. The van der Waals surface area contributed by atoms with Crippen molar-refractivity contribution in [3.8, 4) is 0 Å². The van der Waals surface area contributed by atoms with Gasteiger partial charge in [0.25, 0.3) is 0 Å². The number of ether oxygens (including phenoxy) is 2. The van der Waals surface area contributed by atoms with Crippen LogP contribution in [0.3, 0.4) is 0 Å².